The number of pyridine rings is 1. The predicted molar refractivity (Wildman–Crippen MR) is 94.2 cm³/mol. The van der Waals surface area contributed by atoms with Gasteiger partial charge in [-0.3, -0.25) is 4.98 Å². The van der Waals surface area contributed by atoms with Crippen LogP contribution < -0.4 is 4.90 Å². The van der Waals surface area contributed by atoms with Crippen molar-refractivity contribution in [3.8, 4) is 0 Å². The van der Waals surface area contributed by atoms with Crippen LogP contribution in [0.1, 0.15) is 25.0 Å². The van der Waals surface area contributed by atoms with E-state index in [2.05, 4.69) is 19.9 Å². The van der Waals surface area contributed by atoms with E-state index >= 15 is 0 Å². The maximum absolute atomic E-state index is 6.11. The van der Waals surface area contributed by atoms with E-state index in [4.69, 9.17) is 9.47 Å². The molecule has 0 bridgehead atoms. The van der Waals surface area contributed by atoms with Crippen LogP contribution in [-0.2, 0) is 16.1 Å². The molecule has 6 heteroatoms. The molecule has 6 nitrogen and oxygen atoms in total. The average molecular weight is 340 g/mol. The number of aromatic nitrogens is 3. The zero-order chi connectivity index (χ0) is 17.0. The second kappa shape index (κ2) is 7.45. The van der Waals surface area contributed by atoms with Gasteiger partial charge in [-0.05, 0) is 43.4 Å². The van der Waals surface area contributed by atoms with Crippen LogP contribution in [0.2, 0.25) is 0 Å². The van der Waals surface area contributed by atoms with E-state index < -0.39 is 0 Å². The lowest BCUT2D eigenvalue weighted by Crippen LogP contribution is -2.65. The fraction of sp³-hybridized carbons (Fsp3) is 0.526. The molecular weight excluding hydrogens is 316 g/mol. The molecule has 4 heterocycles. The zero-order valence-corrected chi connectivity index (χ0v) is 14.4. The minimum atomic E-state index is -0.0108. The Morgan fingerprint density at radius 3 is 2.76 bits per heavy atom. The highest BCUT2D eigenvalue weighted by molar-refractivity contribution is 5.37. The van der Waals surface area contributed by atoms with Crippen molar-refractivity contribution < 1.29 is 9.47 Å². The normalized spacial score (nSPS) is 21.9. The van der Waals surface area contributed by atoms with Crippen LogP contribution >= 0.6 is 0 Å². The molecule has 2 aromatic rings. The number of ether oxygens (including phenoxy) is 2. The van der Waals surface area contributed by atoms with Crippen LogP contribution in [0.25, 0.3) is 0 Å². The van der Waals surface area contributed by atoms with E-state index in [-0.39, 0.29) is 5.60 Å². The fourth-order valence-corrected chi connectivity index (χ4v) is 3.75. The average Bonchev–Trinajstić information content (AvgIpc) is 2.65. The summed E-state index contributed by atoms with van der Waals surface area (Å²) in [5.41, 5.74) is 0.978. The maximum Gasteiger partial charge on any atom is 0.225 e. The van der Waals surface area contributed by atoms with Gasteiger partial charge in [-0.15, -0.1) is 0 Å². The molecule has 1 spiro atoms. The Morgan fingerprint density at radius 1 is 1.12 bits per heavy atom. The first kappa shape index (κ1) is 16.4. The Kier molecular flexibility index (Phi) is 4.90. The first-order chi connectivity index (χ1) is 12.3. The van der Waals surface area contributed by atoms with E-state index in [0.29, 0.717) is 12.5 Å². The Morgan fingerprint density at radius 2 is 1.96 bits per heavy atom. The lowest BCUT2D eigenvalue weighted by Gasteiger charge is -2.53. The highest BCUT2D eigenvalue weighted by Crippen LogP contribution is 2.39. The summed E-state index contributed by atoms with van der Waals surface area (Å²) in [6, 6.07) is 7.76. The van der Waals surface area contributed by atoms with E-state index in [0.717, 1.165) is 57.2 Å². The van der Waals surface area contributed by atoms with E-state index in [9.17, 15) is 0 Å². The Hall–Kier alpha value is -2.05. The van der Waals surface area contributed by atoms with Gasteiger partial charge in [-0.2, -0.15) is 0 Å². The Bertz CT molecular complexity index is 662. The van der Waals surface area contributed by atoms with Crippen LogP contribution in [0.15, 0.2) is 42.9 Å². The quantitative estimate of drug-likeness (QED) is 0.753. The maximum atomic E-state index is 6.11. The molecule has 2 aromatic heterocycles. The van der Waals surface area contributed by atoms with Crippen LogP contribution in [0, 0.1) is 5.92 Å². The minimum absolute atomic E-state index is 0.0108. The third-order valence-electron chi connectivity index (χ3n) is 5.03. The molecule has 4 rings (SSSR count). The summed E-state index contributed by atoms with van der Waals surface area (Å²) in [7, 11) is 0. The lowest BCUT2D eigenvalue weighted by atomic mass is 9.79. The molecule has 0 aromatic carbocycles. The van der Waals surface area contributed by atoms with Gasteiger partial charge in [0.25, 0.3) is 0 Å². The summed E-state index contributed by atoms with van der Waals surface area (Å²) in [6.45, 7) is 4.00. The van der Waals surface area contributed by atoms with Gasteiger partial charge in [0.1, 0.15) is 5.60 Å². The van der Waals surface area contributed by atoms with Gasteiger partial charge < -0.3 is 14.4 Å². The number of hydrogen-bond donors (Lipinski definition) is 0. The molecule has 1 atom stereocenters. The van der Waals surface area contributed by atoms with Crippen molar-refractivity contribution in [1.82, 2.24) is 15.0 Å². The Labute approximate surface area is 148 Å². The minimum Gasteiger partial charge on any atom is -0.375 e. The molecule has 1 unspecified atom stereocenters. The lowest BCUT2D eigenvalue weighted by molar-refractivity contribution is -0.116. The van der Waals surface area contributed by atoms with Gasteiger partial charge in [-0.25, -0.2) is 9.97 Å². The highest BCUT2D eigenvalue weighted by Gasteiger charge is 2.48. The van der Waals surface area contributed by atoms with Gasteiger partial charge in [0.15, 0.2) is 0 Å². The van der Waals surface area contributed by atoms with E-state index in [1.165, 1.54) is 0 Å². The first-order valence-corrected chi connectivity index (χ1v) is 8.97. The summed E-state index contributed by atoms with van der Waals surface area (Å²) in [5, 5.41) is 0. The summed E-state index contributed by atoms with van der Waals surface area (Å²) >= 11 is 0. The van der Waals surface area contributed by atoms with Crippen LogP contribution in [0.3, 0.4) is 0 Å². The molecule has 0 N–H and O–H groups in total. The van der Waals surface area contributed by atoms with Gasteiger partial charge in [0, 0.05) is 31.8 Å². The van der Waals surface area contributed by atoms with Gasteiger partial charge in [0.2, 0.25) is 5.95 Å². The molecule has 132 valence electrons. The molecule has 0 radical (unpaired) electrons. The molecule has 0 aliphatic carbocycles. The summed E-state index contributed by atoms with van der Waals surface area (Å²) in [4.78, 5) is 15.1. The molecule has 2 fully saturated rings. The second-order valence-corrected chi connectivity index (χ2v) is 6.96. The summed E-state index contributed by atoms with van der Waals surface area (Å²) < 4.78 is 11.9. The van der Waals surface area contributed by atoms with Crippen molar-refractivity contribution in [1.29, 1.82) is 0 Å². The SMILES string of the molecule is c1ccc(COCCC2CCOC3(C2)CN(c2ncccn2)C3)nc1. The molecule has 2 aliphatic heterocycles. The molecule has 0 amide bonds. The van der Waals surface area contributed by atoms with E-state index in [1.807, 2.05) is 24.3 Å². The number of rotatable bonds is 6. The highest BCUT2D eigenvalue weighted by atomic mass is 16.5. The second-order valence-electron chi connectivity index (χ2n) is 6.96. The standard InChI is InChI=1S/C19H24N4O2/c1-2-7-20-17(4-1)13-24-10-5-16-6-11-25-19(12-16)14-23(15-19)18-21-8-3-9-22-18/h1-4,7-9,16H,5-6,10-15H2. The van der Waals surface area contributed by atoms with Gasteiger partial charge in [0.05, 0.1) is 25.4 Å². The topological polar surface area (TPSA) is 60.4 Å². The van der Waals surface area contributed by atoms with E-state index in [1.54, 1.807) is 18.6 Å². The van der Waals surface area contributed by atoms with Crippen LogP contribution in [-0.4, -0.2) is 46.9 Å². The monoisotopic (exact) mass is 340 g/mol. The summed E-state index contributed by atoms with van der Waals surface area (Å²) in [6.07, 6.45) is 8.69. The Balaban J connectivity index is 1.21. The molecule has 2 saturated heterocycles. The number of nitrogens with zero attached hydrogens (tertiary/aromatic N) is 4. The zero-order valence-electron chi connectivity index (χ0n) is 14.4. The fourth-order valence-electron chi connectivity index (χ4n) is 3.75. The van der Waals surface area contributed by atoms with Crippen molar-refractivity contribution in [2.45, 2.75) is 31.5 Å². The summed E-state index contributed by atoms with van der Waals surface area (Å²) in [5.74, 6) is 1.47. The largest absolute Gasteiger partial charge is 0.375 e. The predicted octanol–water partition coefficient (Wildman–Crippen LogP) is 2.46. The molecule has 25 heavy (non-hydrogen) atoms. The molecular formula is C19H24N4O2. The number of hydrogen-bond acceptors (Lipinski definition) is 6. The van der Waals surface area contributed by atoms with Gasteiger partial charge in [-0.1, -0.05) is 6.07 Å². The third kappa shape index (κ3) is 3.96. The van der Waals surface area contributed by atoms with Crippen LogP contribution in [0.4, 0.5) is 5.95 Å². The molecule has 2 aliphatic rings. The number of anilines is 1. The molecule has 0 saturated carbocycles. The van der Waals surface area contributed by atoms with Crippen LogP contribution in [0.5, 0.6) is 0 Å². The van der Waals surface area contributed by atoms with Crippen molar-refractivity contribution in [3.05, 3.63) is 48.5 Å². The smallest absolute Gasteiger partial charge is 0.225 e. The third-order valence-corrected chi connectivity index (χ3v) is 5.03. The van der Waals surface area contributed by atoms with Gasteiger partial charge >= 0.3 is 0 Å². The first-order valence-electron chi connectivity index (χ1n) is 8.97. The van der Waals surface area contributed by atoms with Crippen molar-refractivity contribution >= 4 is 5.95 Å². The van der Waals surface area contributed by atoms with Crippen molar-refractivity contribution in [2.24, 2.45) is 5.92 Å². The van der Waals surface area contributed by atoms with Crippen molar-refractivity contribution in [3.63, 3.8) is 0 Å². The van der Waals surface area contributed by atoms with Crippen molar-refractivity contribution in [2.75, 3.05) is 31.2 Å².